The fourth-order valence-electron chi connectivity index (χ4n) is 2.95. The van der Waals surface area contributed by atoms with Gasteiger partial charge in [0.2, 0.25) is 0 Å². The molecule has 0 saturated carbocycles. The van der Waals surface area contributed by atoms with Crippen LogP contribution in [0.1, 0.15) is 10.5 Å². The molecular formula is C15H25N5O2. The minimum Gasteiger partial charge on any atom is -0.347 e. The van der Waals surface area contributed by atoms with Crippen LogP contribution >= 0.6 is 0 Å². The molecule has 2 heterocycles. The van der Waals surface area contributed by atoms with E-state index in [1.807, 2.05) is 33.4 Å². The summed E-state index contributed by atoms with van der Waals surface area (Å²) in [6, 6.07) is 3.50. The largest absolute Gasteiger partial charge is 0.347 e. The van der Waals surface area contributed by atoms with Crippen molar-refractivity contribution >= 4 is 11.9 Å². The zero-order valence-electron chi connectivity index (χ0n) is 13.7. The molecule has 1 aromatic heterocycles. The van der Waals surface area contributed by atoms with Gasteiger partial charge in [-0.05, 0) is 26.2 Å². The van der Waals surface area contributed by atoms with Gasteiger partial charge in [-0.1, -0.05) is 0 Å². The molecule has 3 amide bonds. The molecule has 0 unspecified atom stereocenters. The number of urea groups is 1. The first kappa shape index (κ1) is 16.4. The zero-order valence-corrected chi connectivity index (χ0v) is 13.7. The highest BCUT2D eigenvalue weighted by molar-refractivity contribution is 5.93. The minimum atomic E-state index is -0.0978. The predicted octanol–water partition coefficient (Wildman–Crippen LogP) is -0.0437. The predicted molar refractivity (Wildman–Crippen MR) is 84.7 cm³/mol. The minimum absolute atomic E-state index is 0.0397. The van der Waals surface area contributed by atoms with E-state index in [1.54, 1.807) is 22.6 Å². The second-order valence-corrected chi connectivity index (χ2v) is 6.07. The van der Waals surface area contributed by atoms with Crippen molar-refractivity contribution in [3.63, 3.8) is 0 Å². The third-order valence-electron chi connectivity index (χ3n) is 4.03. The molecule has 0 aliphatic carbocycles. The monoisotopic (exact) mass is 307 g/mol. The van der Waals surface area contributed by atoms with Gasteiger partial charge < -0.3 is 25.0 Å². The lowest BCUT2D eigenvalue weighted by Gasteiger charge is -2.22. The van der Waals surface area contributed by atoms with Gasteiger partial charge in [-0.2, -0.15) is 0 Å². The molecular weight excluding hydrogens is 282 g/mol. The van der Waals surface area contributed by atoms with Gasteiger partial charge in [0.15, 0.2) is 0 Å². The molecule has 0 radical (unpaired) electrons. The summed E-state index contributed by atoms with van der Waals surface area (Å²) < 4.78 is 1.79. The molecule has 0 bridgehead atoms. The lowest BCUT2D eigenvalue weighted by Crippen LogP contribution is -2.44. The summed E-state index contributed by atoms with van der Waals surface area (Å²) >= 11 is 0. The Morgan fingerprint density at radius 1 is 1.36 bits per heavy atom. The number of carbonyl (C=O) groups excluding carboxylic acids is 2. The van der Waals surface area contributed by atoms with Crippen molar-refractivity contribution in [3.8, 4) is 0 Å². The topological polar surface area (TPSA) is 69.6 Å². The molecule has 1 saturated heterocycles. The van der Waals surface area contributed by atoms with E-state index in [1.165, 1.54) is 0 Å². The van der Waals surface area contributed by atoms with Crippen LogP contribution in [0.5, 0.6) is 0 Å². The Hall–Kier alpha value is -2.02. The standard InChI is InChI=1S/C15H25N5O2/c1-16-15(22)20-9-11(8-18(2)3)12(10-20)17-14(21)13-6-5-7-19(13)4/h5-7,11-12H,8-10H2,1-4H3,(H,16,22)(H,17,21)/t11-,12-/m1/s1. The van der Waals surface area contributed by atoms with Gasteiger partial charge in [0.05, 0.1) is 6.04 Å². The number of nitrogens with one attached hydrogen (secondary N) is 2. The smallest absolute Gasteiger partial charge is 0.317 e. The number of rotatable bonds is 4. The van der Waals surface area contributed by atoms with Crippen molar-refractivity contribution in [2.75, 3.05) is 40.8 Å². The Bertz CT molecular complexity index is 540. The van der Waals surface area contributed by atoms with Crippen molar-refractivity contribution in [1.29, 1.82) is 0 Å². The second kappa shape index (κ2) is 6.83. The number of amides is 3. The van der Waals surface area contributed by atoms with Crippen LogP contribution in [-0.4, -0.2) is 73.1 Å². The molecule has 2 rings (SSSR count). The van der Waals surface area contributed by atoms with Crippen LogP contribution in [0.2, 0.25) is 0 Å². The van der Waals surface area contributed by atoms with Gasteiger partial charge in [0.1, 0.15) is 5.69 Å². The van der Waals surface area contributed by atoms with Crippen molar-refractivity contribution in [2.45, 2.75) is 6.04 Å². The van der Waals surface area contributed by atoms with Crippen LogP contribution in [0, 0.1) is 5.92 Å². The summed E-state index contributed by atoms with van der Waals surface area (Å²) in [7, 11) is 7.47. The molecule has 1 aromatic rings. The first-order chi connectivity index (χ1) is 10.4. The van der Waals surface area contributed by atoms with Crippen molar-refractivity contribution in [3.05, 3.63) is 24.0 Å². The van der Waals surface area contributed by atoms with Crippen LogP contribution in [0.3, 0.4) is 0 Å². The number of aryl methyl sites for hydroxylation is 1. The van der Waals surface area contributed by atoms with Gasteiger partial charge >= 0.3 is 6.03 Å². The molecule has 2 atom stereocenters. The quantitative estimate of drug-likeness (QED) is 0.820. The summed E-state index contributed by atoms with van der Waals surface area (Å²) in [4.78, 5) is 28.1. The number of carbonyl (C=O) groups is 2. The second-order valence-electron chi connectivity index (χ2n) is 6.07. The Morgan fingerprint density at radius 3 is 2.64 bits per heavy atom. The van der Waals surface area contributed by atoms with E-state index in [-0.39, 0.29) is 23.9 Å². The number of hydrogen-bond acceptors (Lipinski definition) is 3. The van der Waals surface area contributed by atoms with Crippen LogP contribution in [0.4, 0.5) is 4.79 Å². The number of hydrogen-bond donors (Lipinski definition) is 2. The summed E-state index contributed by atoms with van der Waals surface area (Å²) in [6.45, 7) is 2.01. The number of aromatic nitrogens is 1. The maximum absolute atomic E-state index is 12.4. The average Bonchev–Trinajstić information content (AvgIpc) is 3.04. The Morgan fingerprint density at radius 2 is 2.09 bits per heavy atom. The summed E-state index contributed by atoms with van der Waals surface area (Å²) in [6.07, 6.45) is 1.84. The van der Waals surface area contributed by atoms with Crippen LogP contribution in [0.15, 0.2) is 18.3 Å². The molecule has 1 aliphatic rings. The normalized spacial score (nSPS) is 21.2. The summed E-state index contributed by atoms with van der Waals surface area (Å²) in [5, 5.41) is 5.73. The summed E-state index contributed by atoms with van der Waals surface area (Å²) in [5.74, 6) is 0.122. The third kappa shape index (κ3) is 3.59. The van der Waals surface area contributed by atoms with Gasteiger partial charge in [-0.15, -0.1) is 0 Å². The van der Waals surface area contributed by atoms with E-state index in [0.717, 1.165) is 6.54 Å². The zero-order chi connectivity index (χ0) is 16.3. The van der Waals surface area contributed by atoms with E-state index >= 15 is 0 Å². The fourth-order valence-corrected chi connectivity index (χ4v) is 2.95. The Balaban J connectivity index is 2.07. The average molecular weight is 307 g/mol. The maximum atomic E-state index is 12.4. The van der Waals surface area contributed by atoms with Crippen molar-refractivity contribution in [2.24, 2.45) is 13.0 Å². The molecule has 22 heavy (non-hydrogen) atoms. The van der Waals surface area contributed by atoms with Crippen LogP contribution < -0.4 is 10.6 Å². The molecule has 2 N–H and O–H groups in total. The lowest BCUT2D eigenvalue weighted by molar-refractivity contribution is 0.0918. The molecule has 122 valence electrons. The fraction of sp³-hybridized carbons (Fsp3) is 0.600. The maximum Gasteiger partial charge on any atom is 0.317 e. The van der Waals surface area contributed by atoms with Gasteiger partial charge in [-0.25, -0.2) is 4.79 Å². The van der Waals surface area contributed by atoms with E-state index in [9.17, 15) is 9.59 Å². The Kier molecular flexibility index (Phi) is 5.07. The molecule has 7 nitrogen and oxygen atoms in total. The van der Waals surface area contributed by atoms with Gasteiger partial charge in [0.25, 0.3) is 5.91 Å². The Labute approximate surface area is 131 Å². The van der Waals surface area contributed by atoms with Crippen molar-refractivity contribution < 1.29 is 9.59 Å². The first-order valence-corrected chi connectivity index (χ1v) is 7.46. The highest BCUT2D eigenvalue weighted by atomic mass is 16.2. The van der Waals surface area contributed by atoms with Gasteiger partial charge in [0, 0.05) is 45.8 Å². The van der Waals surface area contributed by atoms with E-state index < -0.39 is 0 Å². The molecule has 1 aliphatic heterocycles. The molecule has 0 aromatic carbocycles. The van der Waals surface area contributed by atoms with Crippen LogP contribution in [-0.2, 0) is 7.05 Å². The number of likely N-dealkylation sites (tertiary alicyclic amines) is 1. The molecule has 7 heteroatoms. The molecule has 1 fully saturated rings. The highest BCUT2D eigenvalue weighted by Crippen LogP contribution is 2.18. The van der Waals surface area contributed by atoms with E-state index in [4.69, 9.17) is 0 Å². The first-order valence-electron chi connectivity index (χ1n) is 7.46. The highest BCUT2D eigenvalue weighted by Gasteiger charge is 2.36. The lowest BCUT2D eigenvalue weighted by atomic mass is 10.0. The number of nitrogens with zero attached hydrogens (tertiary/aromatic N) is 3. The van der Waals surface area contributed by atoms with Crippen molar-refractivity contribution in [1.82, 2.24) is 25.0 Å². The SMILES string of the molecule is CNC(=O)N1C[C@@H](CN(C)C)[C@H](NC(=O)c2cccn2C)C1. The van der Waals surface area contributed by atoms with Gasteiger partial charge in [-0.3, -0.25) is 4.79 Å². The third-order valence-corrected chi connectivity index (χ3v) is 4.03. The summed E-state index contributed by atoms with van der Waals surface area (Å²) in [5.41, 5.74) is 0.627. The van der Waals surface area contributed by atoms with E-state index in [0.29, 0.717) is 18.8 Å². The van der Waals surface area contributed by atoms with Crippen LogP contribution in [0.25, 0.3) is 0 Å². The van der Waals surface area contributed by atoms with E-state index in [2.05, 4.69) is 15.5 Å². The molecule has 0 spiro atoms.